The van der Waals surface area contributed by atoms with Crippen LogP contribution in [0.5, 0.6) is 11.5 Å². The minimum Gasteiger partial charge on any atom is -0.485 e. The minimum absolute atomic E-state index is 0.00470. The molecule has 6 nitrogen and oxygen atoms in total. The molecule has 0 unspecified atom stereocenters. The van der Waals surface area contributed by atoms with Crippen LogP contribution in [-0.2, 0) is 4.79 Å². The van der Waals surface area contributed by atoms with E-state index >= 15 is 0 Å². The third-order valence-electron chi connectivity index (χ3n) is 5.46. The summed E-state index contributed by atoms with van der Waals surface area (Å²) >= 11 is 1.73. The molecule has 2 aliphatic heterocycles. The van der Waals surface area contributed by atoms with Crippen LogP contribution in [0.25, 0.3) is 10.2 Å². The number of para-hydroxylation sites is 2. The SMILES string of the molecule is Cc1cc(C)c2nc(N3CCN(C(=O)[C@@H]4COc5ccccc5O4)CC3)sc2c1. The van der Waals surface area contributed by atoms with Gasteiger partial charge in [-0.25, -0.2) is 4.98 Å². The molecule has 2 aromatic carbocycles. The second-order valence-corrected chi connectivity index (χ2v) is 8.61. The van der Waals surface area contributed by atoms with Gasteiger partial charge in [-0.05, 0) is 43.2 Å². The van der Waals surface area contributed by atoms with Gasteiger partial charge in [0.1, 0.15) is 6.61 Å². The molecule has 1 atom stereocenters. The highest BCUT2D eigenvalue weighted by atomic mass is 32.1. The van der Waals surface area contributed by atoms with Crippen molar-refractivity contribution >= 4 is 32.6 Å². The van der Waals surface area contributed by atoms with Gasteiger partial charge in [-0.15, -0.1) is 0 Å². The Hall–Kier alpha value is -2.80. The highest BCUT2D eigenvalue weighted by Gasteiger charge is 2.33. The number of anilines is 1. The zero-order chi connectivity index (χ0) is 20.0. The Kier molecular flexibility index (Phi) is 4.54. The van der Waals surface area contributed by atoms with Gasteiger partial charge in [0, 0.05) is 26.2 Å². The molecule has 5 rings (SSSR count). The highest BCUT2D eigenvalue weighted by molar-refractivity contribution is 7.22. The Morgan fingerprint density at radius 3 is 2.66 bits per heavy atom. The Morgan fingerprint density at radius 1 is 1.10 bits per heavy atom. The first-order chi connectivity index (χ1) is 14.1. The zero-order valence-corrected chi connectivity index (χ0v) is 17.4. The van der Waals surface area contributed by atoms with E-state index < -0.39 is 6.10 Å². The van der Waals surface area contributed by atoms with E-state index in [0.717, 1.165) is 23.7 Å². The predicted molar refractivity (Wildman–Crippen MR) is 114 cm³/mol. The van der Waals surface area contributed by atoms with E-state index in [-0.39, 0.29) is 12.5 Å². The van der Waals surface area contributed by atoms with Gasteiger partial charge in [0.2, 0.25) is 6.10 Å². The normalized spacial score (nSPS) is 18.9. The number of hydrogen-bond acceptors (Lipinski definition) is 6. The molecule has 1 fully saturated rings. The lowest BCUT2D eigenvalue weighted by Gasteiger charge is -2.37. The van der Waals surface area contributed by atoms with Crippen LogP contribution in [0.2, 0.25) is 0 Å². The van der Waals surface area contributed by atoms with E-state index in [4.69, 9.17) is 14.5 Å². The lowest BCUT2D eigenvalue weighted by Crippen LogP contribution is -2.54. The molecule has 1 aromatic heterocycles. The first-order valence-corrected chi connectivity index (χ1v) is 10.7. The van der Waals surface area contributed by atoms with Crippen LogP contribution in [0, 0.1) is 13.8 Å². The van der Waals surface area contributed by atoms with Crippen molar-refractivity contribution in [2.45, 2.75) is 20.0 Å². The van der Waals surface area contributed by atoms with Gasteiger partial charge in [-0.3, -0.25) is 4.79 Å². The van der Waals surface area contributed by atoms with Crippen LogP contribution >= 0.6 is 11.3 Å². The Balaban J connectivity index is 1.25. The maximum atomic E-state index is 12.9. The second kappa shape index (κ2) is 7.22. The number of ether oxygens (including phenoxy) is 2. The molecule has 0 saturated carbocycles. The number of carbonyl (C=O) groups excluding carboxylic acids is 1. The van der Waals surface area contributed by atoms with E-state index in [9.17, 15) is 4.79 Å². The lowest BCUT2D eigenvalue weighted by molar-refractivity contribution is -0.141. The number of hydrogen-bond donors (Lipinski definition) is 0. The third-order valence-corrected chi connectivity index (χ3v) is 6.53. The van der Waals surface area contributed by atoms with Crippen molar-refractivity contribution in [3.05, 3.63) is 47.5 Å². The maximum absolute atomic E-state index is 12.9. The van der Waals surface area contributed by atoms with E-state index in [2.05, 4.69) is 30.9 Å². The van der Waals surface area contributed by atoms with Crippen LogP contribution in [0.4, 0.5) is 5.13 Å². The summed E-state index contributed by atoms with van der Waals surface area (Å²) in [6.45, 7) is 7.35. The second-order valence-electron chi connectivity index (χ2n) is 7.60. The van der Waals surface area contributed by atoms with Crippen LogP contribution in [-0.4, -0.2) is 54.7 Å². The fourth-order valence-corrected chi connectivity index (χ4v) is 5.15. The fraction of sp³-hybridized carbons (Fsp3) is 0.364. The standard InChI is InChI=1S/C22H23N3O3S/c1-14-11-15(2)20-19(12-14)29-22(23-20)25-9-7-24(8-10-25)21(26)18-13-27-16-5-3-4-6-17(16)28-18/h3-6,11-12,18H,7-10,13H2,1-2H3/t18-/m0/s1. The number of nitrogens with zero attached hydrogens (tertiary/aromatic N) is 3. The van der Waals surface area contributed by atoms with Crippen molar-refractivity contribution in [1.29, 1.82) is 0 Å². The number of benzene rings is 2. The van der Waals surface area contributed by atoms with Gasteiger partial charge in [0.25, 0.3) is 5.91 Å². The Bertz CT molecular complexity index is 1070. The summed E-state index contributed by atoms with van der Waals surface area (Å²) in [6, 6.07) is 11.8. The van der Waals surface area contributed by atoms with Crippen molar-refractivity contribution in [1.82, 2.24) is 9.88 Å². The molecule has 3 aromatic rings. The van der Waals surface area contributed by atoms with E-state index in [0.29, 0.717) is 24.6 Å². The topological polar surface area (TPSA) is 54.9 Å². The molecule has 0 bridgehead atoms. The lowest BCUT2D eigenvalue weighted by atomic mass is 10.1. The molecule has 29 heavy (non-hydrogen) atoms. The molecule has 7 heteroatoms. The summed E-state index contributed by atoms with van der Waals surface area (Å²) in [5, 5.41) is 1.03. The van der Waals surface area contributed by atoms with Crippen molar-refractivity contribution in [3.63, 3.8) is 0 Å². The Labute approximate surface area is 173 Å². The summed E-state index contributed by atoms with van der Waals surface area (Å²) in [4.78, 5) is 21.9. The highest BCUT2D eigenvalue weighted by Crippen LogP contribution is 2.33. The molecule has 0 spiro atoms. The minimum atomic E-state index is -0.579. The fourth-order valence-electron chi connectivity index (χ4n) is 3.96. The quantitative estimate of drug-likeness (QED) is 0.649. The zero-order valence-electron chi connectivity index (χ0n) is 16.6. The summed E-state index contributed by atoms with van der Waals surface area (Å²) < 4.78 is 12.8. The number of carbonyl (C=O) groups is 1. The summed E-state index contributed by atoms with van der Waals surface area (Å²) in [5.74, 6) is 1.33. The average molecular weight is 410 g/mol. The summed E-state index contributed by atoms with van der Waals surface area (Å²) in [7, 11) is 0. The molecule has 2 aliphatic rings. The van der Waals surface area contributed by atoms with Crippen molar-refractivity contribution in [3.8, 4) is 11.5 Å². The van der Waals surface area contributed by atoms with Gasteiger partial charge in [0.15, 0.2) is 16.6 Å². The number of piperazine rings is 1. The van der Waals surface area contributed by atoms with E-state index in [1.165, 1.54) is 15.8 Å². The molecular weight excluding hydrogens is 386 g/mol. The van der Waals surface area contributed by atoms with Gasteiger partial charge < -0.3 is 19.3 Å². The molecule has 1 amide bonds. The van der Waals surface area contributed by atoms with Gasteiger partial charge in [0.05, 0.1) is 10.2 Å². The van der Waals surface area contributed by atoms with Crippen LogP contribution in [0.1, 0.15) is 11.1 Å². The number of aromatic nitrogens is 1. The van der Waals surface area contributed by atoms with Crippen molar-refractivity contribution in [2.24, 2.45) is 0 Å². The largest absolute Gasteiger partial charge is 0.485 e. The number of fused-ring (bicyclic) bond motifs is 2. The molecule has 0 aliphatic carbocycles. The predicted octanol–water partition coefficient (Wildman–Crippen LogP) is 3.40. The van der Waals surface area contributed by atoms with Crippen LogP contribution in [0.3, 0.4) is 0 Å². The van der Waals surface area contributed by atoms with Crippen molar-refractivity contribution < 1.29 is 14.3 Å². The van der Waals surface area contributed by atoms with Crippen molar-refractivity contribution in [2.75, 3.05) is 37.7 Å². The van der Waals surface area contributed by atoms with Gasteiger partial charge in [-0.2, -0.15) is 0 Å². The first-order valence-electron chi connectivity index (χ1n) is 9.88. The number of amides is 1. The summed E-state index contributed by atoms with van der Waals surface area (Å²) in [5.41, 5.74) is 3.56. The smallest absolute Gasteiger partial charge is 0.267 e. The molecule has 0 N–H and O–H groups in total. The number of rotatable bonds is 2. The molecule has 1 saturated heterocycles. The van der Waals surface area contributed by atoms with E-state index in [1.54, 1.807) is 11.3 Å². The average Bonchev–Trinajstić information content (AvgIpc) is 3.17. The van der Waals surface area contributed by atoms with Gasteiger partial charge in [-0.1, -0.05) is 29.5 Å². The van der Waals surface area contributed by atoms with E-state index in [1.807, 2.05) is 29.2 Å². The molecule has 0 radical (unpaired) electrons. The molecular formula is C22H23N3O3S. The van der Waals surface area contributed by atoms with Crippen LogP contribution in [0.15, 0.2) is 36.4 Å². The third kappa shape index (κ3) is 3.40. The number of aryl methyl sites for hydroxylation is 2. The van der Waals surface area contributed by atoms with Gasteiger partial charge >= 0.3 is 0 Å². The van der Waals surface area contributed by atoms with Crippen LogP contribution < -0.4 is 14.4 Å². The number of thiazole rings is 1. The summed E-state index contributed by atoms with van der Waals surface area (Å²) in [6.07, 6.45) is -0.579. The maximum Gasteiger partial charge on any atom is 0.267 e. The molecule has 150 valence electrons. The molecule has 3 heterocycles. The first kappa shape index (κ1) is 18.2. The monoisotopic (exact) mass is 409 g/mol. The Morgan fingerprint density at radius 2 is 1.86 bits per heavy atom.